The van der Waals surface area contributed by atoms with Gasteiger partial charge < -0.3 is 0 Å². The SMILES string of the molecule is Cc1ccc(C(=O)C(C)Sc2ccc3c(c2)CCC3)cc1. The first kappa shape index (κ1) is 14.4. The Morgan fingerprint density at radius 3 is 2.52 bits per heavy atom. The summed E-state index contributed by atoms with van der Waals surface area (Å²) in [7, 11) is 0. The zero-order chi connectivity index (χ0) is 14.8. The van der Waals surface area contributed by atoms with E-state index < -0.39 is 0 Å². The van der Waals surface area contributed by atoms with E-state index in [0.717, 1.165) is 5.56 Å². The van der Waals surface area contributed by atoms with Crippen LogP contribution in [0.5, 0.6) is 0 Å². The first-order valence-corrected chi connectivity index (χ1v) is 8.41. The van der Waals surface area contributed by atoms with Crippen LogP contribution in [-0.4, -0.2) is 11.0 Å². The molecular formula is C19H20OS. The molecule has 1 aliphatic rings. The maximum atomic E-state index is 12.5. The van der Waals surface area contributed by atoms with E-state index in [1.165, 1.54) is 40.8 Å². The lowest BCUT2D eigenvalue weighted by Gasteiger charge is -2.11. The average molecular weight is 296 g/mol. The van der Waals surface area contributed by atoms with Gasteiger partial charge in [-0.2, -0.15) is 0 Å². The minimum Gasteiger partial charge on any atom is -0.293 e. The van der Waals surface area contributed by atoms with E-state index in [1.54, 1.807) is 11.8 Å². The highest BCUT2D eigenvalue weighted by atomic mass is 32.2. The molecule has 108 valence electrons. The summed E-state index contributed by atoms with van der Waals surface area (Å²) in [6, 6.07) is 14.5. The van der Waals surface area contributed by atoms with Gasteiger partial charge in [0, 0.05) is 10.5 Å². The molecule has 0 aliphatic heterocycles. The zero-order valence-corrected chi connectivity index (χ0v) is 13.4. The van der Waals surface area contributed by atoms with Gasteiger partial charge in [0.1, 0.15) is 0 Å². The highest BCUT2D eigenvalue weighted by Gasteiger charge is 2.18. The van der Waals surface area contributed by atoms with E-state index in [9.17, 15) is 4.79 Å². The Kier molecular flexibility index (Phi) is 4.16. The van der Waals surface area contributed by atoms with Crippen LogP contribution in [0.3, 0.4) is 0 Å². The van der Waals surface area contributed by atoms with Gasteiger partial charge >= 0.3 is 0 Å². The van der Waals surface area contributed by atoms with Crippen molar-refractivity contribution in [3.8, 4) is 0 Å². The van der Waals surface area contributed by atoms with Gasteiger partial charge in [0.2, 0.25) is 0 Å². The minimum absolute atomic E-state index is 0.0489. The number of aryl methyl sites for hydroxylation is 3. The van der Waals surface area contributed by atoms with Gasteiger partial charge in [0.05, 0.1) is 5.25 Å². The van der Waals surface area contributed by atoms with Crippen molar-refractivity contribution in [2.75, 3.05) is 0 Å². The quantitative estimate of drug-likeness (QED) is 0.593. The first-order chi connectivity index (χ1) is 10.1. The van der Waals surface area contributed by atoms with Crippen molar-refractivity contribution in [1.29, 1.82) is 0 Å². The Labute approximate surface area is 130 Å². The third kappa shape index (κ3) is 3.21. The Bertz CT molecular complexity index is 658. The molecule has 2 heteroatoms. The van der Waals surface area contributed by atoms with Gasteiger partial charge in [0.15, 0.2) is 5.78 Å². The second-order valence-corrected chi connectivity index (χ2v) is 7.19. The fourth-order valence-electron chi connectivity index (χ4n) is 2.83. The first-order valence-electron chi connectivity index (χ1n) is 7.53. The molecule has 0 radical (unpaired) electrons. The van der Waals surface area contributed by atoms with Crippen LogP contribution in [0.15, 0.2) is 47.4 Å². The largest absolute Gasteiger partial charge is 0.293 e. The third-order valence-electron chi connectivity index (χ3n) is 4.09. The Balaban J connectivity index is 1.72. The molecule has 0 aromatic heterocycles. The molecule has 1 aliphatic carbocycles. The second-order valence-electron chi connectivity index (χ2n) is 5.77. The van der Waals surface area contributed by atoms with Gasteiger partial charge in [-0.25, -0.2) is 0 Å². The second kappa shape index (κ2) is 6.07. The molecule has 0 spiro atoms. The smallest absolute Gasteiger partial charge is 0.175 e. The molecule has 0 N–H and O–H groups in total. The summed E-state index contributed by atoms with van der Waals surface area (Å²) in [6.07, 6.45) is 3.66. The van der Waals surface area contributed by atoms with Gasteiger partial charge in [-0.15, -0.1) is 11.8 Å². The van der Waals surface area contributed by atoms with E-state index >= 15 is 0 Å². The summed E-state index contributed by atoms with van der Waals surface area (Å²) in [6.45, 7) is 4.04. The molecule has 1 atom stereocenters. The highest BCUT2D eigenvalue weighted by Crippen LogP contribution is 2.30. The minimum atomic E-state index is -0.0489. The molecule has 21 heavy (non-hydrogen) atoms. The van der Waals surface area contributed by atoms with Crippen LogP contribution >= 0.6 is 11.8 Å². The number of thioether (sulfide) groups is 1. The van der Waals surface area contributed by atoms with Gasteiger partial charge in [0.25, 0.3) is 0 Å². The summed E-state index contributed by atoms with van der Waals surface area (Å²) < 4.78 is 0. The Morgan fingerprint density at radius 1 is 1.05 bits per heavy atom. The topological polar surface area (TPSA) is 17.1 Å². The van der Waals surface area contributed by atoms with Crippen molar-refractivity contribution >= 4 is 17.5 Å². The number of carbonyl (C=O) groups excluding carboxylic acids is 1. The van der Waals surface area contributed by atoms with Crippen LogP contribution in [0, 0.1) is 6.92 Å². The van der Waals surface area contributed by atoms with E-state index in [2.05, 4.69) is 18.2 Å². The van der Waals surface area contributed by atoms with Gasteiger partial charge in [-0.1, -0.05) is 35.9 Å². The molecule has 0 bridgehead atoms. The molecule has 0 fully saturated rings. The fourth-order valence-corrected chi connectivity index (χ4v) is 3.84. The van der Waals surface area contributed by atoms with Crippen LogP contribution in [0.25, 0.3) is 0 Å². The van der Waals surface area contributed by atoms with E-state index in [4.69, 9.17) is 0 Å². The molecule has 0 heterocycles. The standard InChI is InChI=1S/C19H20OS/c1-13-6-8-16(9-7-13)19(20)14(2)21-18-11-10-15-4-3-5-17(15)12-18/h6-12,14H,3-5H2,1-2H3. The van der Waals surface area contributed by atoms with Crippen molar-refractivity contribution in [3.05, 3.63) is 64.7 Å². The third-order valence-corrected chi connectivity index (χ3v) is 5.18. The predicted octanol–water partition coefficient (Wildman–Crippen LogP) is 4.85. The van der Waals surface area contributed by atoms with Gasteiger partial charge in [-0.05, 0) is 56.4 Å². The van der Waals surface area contributed by atoms with E-state index in [1.807, 2.05) is 38.1 Å². The number of Topliss-reactive ketones (excluding diaryl/α,β-unsaturated/α-hetero) is 1. The highest BCUT2D eigenvalue weighted by molar-refractivity contribution is 8.00. The predicted molar refractivity (Wildman–Crippen MR) is 89.3 cm³/mol. The number of benzene rings is 2. The van der Waals surface area contributed by atoms with Crippen molar-refractivity contribution in [3.63, 3.8) is 0 Å². The molecule has 2 aromatic carbocycles. The molecule has 0 saturated heterocycles. The molecule has 1 unspecified atom stereocenters. The van der Waals surface area contributed by atoms with Crippen LogP contribution in [-0.2, 0) is 12.8 Å². The number of ketones is 1. The normalized spacial score (nSPS) is 14.8. The molecular weight excluding hydrogens is 276 g/mol. The summed E-state index contributed by atoms with van der Waals surface area (Å²) in [5, 5.41) is -0.0489. The molecule has 1 nitrogen and oxygen atoms in total. The van der Waals surface area contributed by atoms with Crippen LogP contribution in [0.1, 0.15) is 40.4 Å². The number of rotatable bonds is 4. The van der Waals surface area contributed by atoms with Crippen LogP contribution in [0.4, 0.5) is 0 Å². The van der Waals surface area contributed by atoms with Crippen molar-refractivity contribution in [2.45, 2.75) is 43.3 Å². The number of hydrogen-bond donors (Lipinski definition) is 0. The summed E-state index contributed by atoms with van der Waals surface area (Å²) in [5.41, 5.74) is 4.94. The lowest BCUT2D eigenvalue weighted by Crippen LogP contribution is -2.13. The number of fused-ring (bicyclic) bond motifs is 1. The molecule has 3 rings (SSSR count). The van der Waals surface area contributed by atoms with E-state index in [-0.39, 0.29) is 11.0 Å². The Hall–Kier alpha value is -1.54. The van der Waals surface area contributed by atoms with Crippen molar-refractivity contribution < 1.29 is 4.79 Å². The zero-order valence-electron chi connectivity index (χ0n) is 12.6. The summed E-state index contributed by atoms with van der Waals surface area (Å²) in [4.78, 5) is 13.7. The molecule has 2 aromatic rings. The lowest BCUT2D eigenvalue weighted by atomic mass is 10.1. The Morgan fingerprint density at radius 2 is 1.76 bits per heavy atom. The van der Waals surface area contributed by atoms with Gasteiger partial charge in [-0.3, -0.25) is 4.79 Å². The van der Waals surface area contributed by atoms with Crippen molar-refractivity contribution in [2.24, 2.45) is 0 Å². The summed E-state index contributed by atoms with van der Waals surface area (Å²) >= 11 is 1.67. The number of hydrogen-bond acceptors (Lipinski definition) is 2. The maximum absolute atomic E-state index is 12.5. The molecule has 0 saturated carbocycles. The monoisotopic (exact) mass is 296 g/mol. The van der Waals surface area contributed by atoms with Crippen LogP contribution in [0.2, 0.25) is 0 Å². The van der Waals surface area contributed by atoms with Crippen molar-refractivity contribution in [1.82, 2.24) is 0 Å². The average Bonchev–Trinajstić information content (AvgIpc) is 2.95. The fraction of sp³-hybridized carbons (Fsp3) is 0.316. The van der Waals surface area contributed by atoms with E-state index in [0.29, 0.717) is 0 Å². The lowest BCUT2D eigenvalue weighted by molar-refractivity contribution is 0.0994. The molecule has 0 amide bonds. The van der Waals surface area contributed by atoms with Crippen LogP contribution < -0.4 is 0 Å². The summed E-state index contributed by atoms with van der Waals surface area (Å²) in [5.74, 6) is 0.209. The number of carbonyl (C=O) groups is 1. The maximum Gasteiger partial charge on any atom is 0.175 e.